The van der Waals surface area contributed by atoms with Crippen molar-refractivity contribution in [3.63, 3.8) is 0 Å². The first-order chi connectivity index (χ1) is 7.75. The van der Waals surface area contributed by atoms with Crippen molar-refractivity contribution < 1.29 is 22.7 Å². The molecule has 0 aliphatic heterocycles. The van der Waals surface area contributed by atoms with E-state index in [1.54, 1.807) is 13.8 Å². The molecule has 94 valence electrons. The number of ketones is 1. The number of ether oxygens (including phenoxy) is 1. The lowest BCUT2D eigenvalue weighted by atomic mass is 9.99. The second kappa shape index (κ2) is 4.77. The fourth-order valence-corrected chi connectivity index (χ4v) is 1.36. The maximum absolute atomic E-state index is 12.6. The minimum Gasteiger partial charge on any atom is -0.497 e. The van der Waals surface area contributed by atoms with Crippen LogP contribution in [-0.4, -0.2) is 12.9 Å². The van der Waals surface area contributed by atoms with Gasteiger partial charge < -0.3 is 4.74 Å². The van der Waals surface area contributed by atoms with E-state index in [0.717, 1.165) is 12.1 Å². The van der Waals surface area contributed by atoms with Gasteiger partial charge in [0.2, 0.25) is 0 Å². The maximum Gasteiger partial charge on any atom is 0.416 e. The Bertz CT molecular complexity index is 422. The fraction of sp³-hybridized carbons (Fsp3) is 0.417. The maximum atomic E-state index is 12.6. The van der Waals surface area contributed by atoms with Gasteiger partial charge in [0.05, 0.1) is 12.7 Å². The molecule has 0 atom stereocenters. The third-order valence-corrected chi connectivity index (χ3v) is 2.28. The monoisotopic (exact) mass is 246 g/mol. The van der Waals surface area contributed by atoms with Gasteiger partial charge in [0.1, 0.15) is 5.75 Å². The van der Waals surface area contributed by atoms with Gasteiger partial charge >= 0.3 is 6.18 Å². The Morgan fingerprint density at radius 1 is 1.24 bits per heavy atom. The summed E-state index contributed by atoms with van der Waals surface area (Å²) < 4.78 is 42.5. The normalized spacial score (nSPS) is 11.7. The van der Waals surface area contributed by atoms with Crippen molar-refractivity contribution in [1.82, 2.24) is 0 Å². The molecule has 0 unspecified atom stereocenters. The van der Waals surface area contributed by atoms with Gasteiger partial charge in [-0.3, -0.25) is 4.79 Å². The summed E-state index contributed by atoms with van der Waals surface area (Å²) in [5.74, 6) is -0.665. The Morgan fingerprint density at radius 3 is 2.24 bits per heavy atom. The van der Waals surface area contributed by atoms with Crippen LogP contribution in [0, 0.1) is 5.92 Å². The number of halogens is 3. The van der Waals surface area contributed by atoms with Crippen LogP contribution in [0.1, 0.15) is 29.8 Å². The molecular weight excluding hydrogens is 233 g/mol. The first-order valence-corrected chi connectivity index (χ1v) is 5.06. The third-order valence-electron chi connectivity index (χ3n) is 2.28. The van der Waals surface area contributed by atoms with Gasteiger partial charge in [0.25, 0.3) is 0 Å². The van der Waals surface area contributed by atoms with E-state index in [9.17, 15) is 18.0 Å². The summed E-state index contributed by atoms with van der Waals surface area (Å²) in [6, 6.07) is 3.04. The van der Waals surface area contributed by atoms with Crippen molar-refractivity contribution in [2.24, 2.45) is 5.92 Å². The number of carbonyl (C=O) groups is 1. The highest BCUT2D eigenvalue weighted by atomic mass is 19.4. The van der Waals surface area contributed by atoms with Crippen molar-refractivity contribution in [2.75, 3.05) is 7.11 Å². The molecule has 5 heteroatoms. The predicted molar refractivity (Wildman–Crippen MR) is 57.2 cm³/mol. The van der Waals surface area contributed by atoms with Crippen molar-refractivity contribution >= 4 is 5.78 Å². The molecule has 0 fully saturated rings. The molecular formula is C12H13F3O2. The zero-order chi connectivity index (χ0) is 13.2. The van der Waals surface area contributed by atoms with E-state index in [1.165, 1.54) is 13.2 Å². The van der Waals surface area contributed by atoms with Gasteiger partial charge in [-0.1, -0.05) is 13.8 Å². The summed E-state index contributed by atoms with van der Waals surface area (Å²) in [5.41, 5.74) is -0.854. The molecule has 0 spiro atoms. The minimum absolute atomic E-state index is 0.0201. The summed E-state index contributed by atoms with van der Waals surface area (Å²) >= 11 is 0. The van der Waals surface area contributed by atoms with Crippen molar-refractivity contribution in [3.05, 3.63) is 29.3 Å². The quantitative estimate of drug-likeness (QED) is 0.762. The van der Waals surface area contributed by atoms with Gasteiger partial charge in [0.15, 0.2) is 5.78 Å². The van der Waals surface area contributed by atoms with Crippen molar-refractivity contribution in [1.29, 1.82) is 0 Å². The van der Waals surface area contributed by atoms with Crippen LogP contribution < -0.4 is 4.74 Å². The molecule has 0 N–H and O–H groups in total. The molecule has 0 bridgehead atoms. The molecule has 0 aliphatic rings. The van der Waals surface area contributed by atoms with Gasteiger partial charge in [-0.05, 0) is 18.2 Å². The van der Waals surface area contributed by atoms with Crippen LogP contribution in [0.4, 0.5) is 13.2 Å². The summed E-state index contributed by atoms with van der Waals surface area (Å²) in [4.78, 5) is 11.7. The number of hydrogen-bond donors (Lipinski definition) is 0. The van der Waals surface area contributed by atoms with Gasteiger partial charge in [-0.2, -0.15) is 13.2 Å². The molecule has 0 amide bonds. The lowest BCUT2D eigenvalue weighted by Gasteiger charge is -2.12. The Morgan fingerprint density at radius 2 is 1.82 bits per heavy atom. The van der Waals surface area contributed by atoms with E-state index >= 15 is 0 Å². The summed E-state index contributed by atoms with van der Waals surface area (Å²) in [7, 11) is 1.26. The molecule has 0 aliphatic carbocycles. The average molecular weight is 246 g/mol. The van der Waals surface area contributed by atoms with Gasteiger partial charge in [-0.25, -0.2) is 0 Å². The van der Waals surface area contributed by atoms with Crippen LogP contribution in [0.3, 0.4) is 0 Å². The molecule has 0 saturated heterocycles. The number of methoxy groups -OCH3 is 1. The summed E-state index contributed by atoms with van der Waals surface area (Å²) in [6.45, 7) is 3.27. The number of hydrogen-bond acceptors (Lipinski definition) is 2. The van der Waals surface area contributed by atoms with E-state index in [1.807, 2.05) is 0 Å². The highest BCUT2D eigenvalue weighted by Gasteiger charge is 2.32. The molecule has 1 aromatic carbocycles. The first kappa shape index (κ1) is 13.5. The van der Waals surface area contributed by atoms with E-state index < -0.39 is 11.7 Å². The van der Waals surface area contributed by atoms with Crippen LogP contribution in [-0.2, 0) is 6.18 Å². The summed E-state index contributed by atoms with van der Waals surface area (Å²) in [6.07, 6.45) is -4.49. The Balaban J connectivity index is 3.28. The predicted octanol–water partition coefficient (Wildman–Crippen LogP) is 3.55. The molecule has 2 nitrogen and oxygen atoms in total. The van der Waals surface area contributed by atoms with Crippen molar-refractivity contribution in [2.45, 2.75) is 20.0 Å². The van der Waals surface area contributed by atoms with E-state index in [4.69, 9.17) is 4.74 Å². The number of alkyl halides is 3. The van der Waals surface area contributed by atoms with Gasteiger partial charge in [0, 0.05) is 11.5 Å². The topological polar surface area (TPSA) is 26.3 Å². The SMILES string of the molecule is COc1cc(C(=O)C(C)C)cc(C(F)(F)F)c1. The van der Waals surface area contributed by atoms with Crippen LogP contribution in [0.15, 0.2) is 18.2 Å². The Labute approximate surface area is 97.4 Å². The number of Topliss-reactive ketones (excluding diaryl/α,β-unsaturated/α-hetero) is 1. The standard InChI is InChI=1S/C12H13F3O2/c1-7(2)11(16)8-4-9(12(13,14)15)6-10(5-8)17-3/h4-7H,1-3H3. The number of benzene rings is 1. The molecule has 0 heterocycles. The summed E-state index contributed by atoms with van der Waals surface area (Å²) in [5, 5.41) is 0. The van der Waals surface area contributed by atoms with Crippen LogP contribution >= 0.6 is 0 Å². The number of carbonyl (C=O) groups excluding carboxylic acids is 1. The van der Waals surface area contributed by atoms with Crippen LogP contribution in [0.25, 0.3) is 0 Å². The van der Waals surface area contributed by atoms with Gasteiger partial charge in [-0.15, -0.1) is 0 Å². The first-order valence-electron chi connectivity index (χ1n) is 5.06. The molecule has 0 saturated carbocycles. The molecule has 1 aromatic rings. The minimum atomic E-state index is -4.49. The molecule has 17 heavy (non-hydrogen) atoms. The smallest absolute Gasteiger partial charge is 0.416 e. The van der Waals surface area contributed by atoms with Crippen LogP contribution in [0.5, 0.6) is 5.75 Å². The van der Waals surface area contributed by atoms with Crippen LogP contribution in [0.2, 0.25) is 0 Å². The third kappa shape index (κ3) is 3.22. The van der Waals surface area contributed by atoms with E-state index in [2.05, 4.69) is 0 Å². The van der Waals surface area contributed by atoms with Crippen molar-refractivity contribution in [3.8, 4) is 5.75 Å². The largest absolute Gasteiger partial charge is 0.497 e. The highest BCUT2D eigenvalue weighted by Crippen LogP contribution is 2.33. The zero-order valence-electron chi connectivity index (χ0n) is 9.76. The molecule has 0 radical (unpaired) electrons. The fourth-order valence-electron chi connectivity index (χ4n) is 1.36. The zero-order valence-corrected chi connectivity index (χ0v) is 9.76. The Kier molecular flexibility index (Phi) is 3.80. The lowest BCUT2D eigenvalue weighted by Crippen LogP contribution is -2.11. The van der Waals surface area contributed by atoms with E-state index in [0.29, 0.717) is 0 Å². The second-order valence-corrected chi connectivity index (χ2v) is 3.97. The average Bonchev–Trinajstić information content (AvgIpc) is 2.26. The molecule has 1 rings (SSSR count). The van der Waals surface area contributed by atoms with E-state index in [-0.39, 0.29) is 23.0 Å². The number of rotatable bonds is 3. The second-order valence-electron chi connectivity index (χ2n) is 3.97. The molecule has 0 aromatic heterocycles. The lowest BCUT2D eigenvalue weighted by molar-refractivity contribution is -0.137. The Hall–Kier alpha value is -1.52. The highest BCUT2D eigenvalue weighted by molar-refractivity contribution is 5.98.